The highest BCUT2D eigenvalue weighted by molar-refractivity contribution is 7.20. The smallest absolute Gasteiger partial charge is 0.236 e. The molecule has 98 valence electrons. The summed E-state index contributed by atoms with van der Waals surface area (Å²) in [5.41, 5.74) is 1.01. The molecule has 20 heavy (non-hydrogen) atoms. The molecule has 5 nitrogen and oxygen atoms in total. The van der Waals surface area contributed by atoms with E-state index in [1.54, 1.807) is 15.9 Å². The highest BCUT2D eigenvalue weighted by Gasteiger charge is 2.13. The summed E-state index contributed by atoms with van der Waals surface area (Å²) in [4.78, 5) is 1.85. The summed E-state index contributed by atoms with van der Waals surface area (Å²) in [5, 5.41) is 19.0. The number of aromatic nitrogens is 4. The van der Waals surface area contributed by atoms with Gasteiger partial charge >= 0.3 is 0 Å². The Morgan fingerprint density at radius 1 is 1.00 bits per heavy atom. The Balaban J connectivity index is 1.73. The minimum absolute atomic E-state index is 0.784. The summed E-state index contributed by atoms with van der Waals surface area (Å²) < 4.78 is 1.78. The zero-order chi connectivity index (χ0) is 13.4. The Kier molecular flexibility index (Phi) is 2.71. The van der Waals surface area contributed by atoms with Crippen LogP contribution in [-0.4, -0.2) is 19.8 Å². The third-order valence-electron chi connectivity index (χ3n) is 2.76. The van der Waals surface area contributed by atoms with Crippen molar-refractivity contribution in [2.75, 3.05) is 5.32 Å². The van der Waals surface area contributed by atoms with Crippen LogP contribution in [0.25, 0.3) is 15.7 Å². The number of rotatable bonds is 3. The van der Waals surface area contributed by atoms with E-state index < -0.39 is 0 Å². The van der Waals surface area contributed by atoms with Gasteiger partial charge in [0.15, 0.2) is 5.82 Å². The number of anilines is 2. The molecule has 4 aromatic rings. The van der Waals surface area contributed by atoms with Crippen LogP contribution in [-0.2, 0) is 0 Å². The fourth-order valence-electron chi connectivity index (χ4n) is 1.87. The number of benzene rings is 1. The monoisotopic (exact) mass is 299 g/mol. The lowest BCUT2D eigenvalue weighted by molar-refractivity contribution is 0.973. The first-order chi connectivity index (χ1) is 9.90. The molecule has 3 heterocycles. The summed E-state index contributed by atoms with van der Waals surface area (Å²) in [5.74, 6) is 0.785. The molecule has 0 aliphatic rings. The minimum Gasteiger partial charge on any atom is -0.330 e. The first kappa shape index (κ1) is 11.6. The zero-order valence-electron chi connectivity index (χ0n) is 10.2. The van der Waals surface area contributed by atoms with E-state index >= 15 is 0 Å². The van der Waals surface area contributed by atoms with E-state index in [1.165, 1.54) is 11.3 Å². The van der Waals surface area contributed by atoms with Crippen molar-refractivity contribution in [2.24, 2.45) is 0 Å². The highest BCUT2D eigenvalue weighted by Crippen LogP contribution is 2.28. The van der Waals surface area contributed by atoms with Gasteiger partial charge in [-0.15, -0.1) is 26.6 Å². The number of nitrogens with one attached hydrogen (secondary N) is 1. The Morgan fingerprint density at radius 3 is 2.70 bits per heavy atom. The molecule has 0 bridgehead atoms. The lowest BCUT2D eigenvalue weighted by Crippen LogP contribution is -1.92. The number of para-hydroxylation sites is 1. The van der Waals surface area contributed by atoms with Crippen LogP contribution in [0.4, 0.5) is 10.8 Å². The molecule has 7 heteroatoms. The highest BCUT2D eigenvalue weighted by atomic mass is 32.1. The molecular weight excluding hydrogens is 290 g/mol. The van der Waals surface area contributed by atoms with Gasteiger partial charge in [0.2, 0.25) is 10.1 Å². The summed E-state index contributed by atoms with van der Waals surface area (Å²) in [6.45, 7) is 0. The number of thiophene rings is 1. The van der Waals surface area contributed by atoms with E-state index in [9.17, 15) is 0 Å². The van der Waals surface area contributed by atoms with Crippen LogP contribution in [0.3, 0.4) is 0 Å². The van der Waals surface area contributed by atoms with Gasteiger partial charge in [0.25, 0.3) is 0 Å². The molecule has 0 unspecified atom stereocenters. The second-order valence-electron chi connectivity index (χ2n) is 4.09. The van der Waals surface area contributed by atoms with Crippen LogP contribution in [0.1, 0.15) is 0 Å². The average Bonchev–Trinajstić information content (AvgIpc) is 3.15. The largest absolute Gasteiger partial charge is 0.330 e. The molecule has 1 N–H and O–H groups in total. The number of hydrogen-bond acceptors (Lipinski definition) is 6. The fraction of sp³-hybridized carbons (Fsp3) is 0. The standard InChI is InChI=1S/C13H9N5S2/c1-2-5-9(6-3-1)14-12-17-18-11(10-7-4-8-19-10)15-16-13(18)20-12/h1-8H,(H,14,17). The molecule has 1 aromatic carbocycles. The van der Waals surface area contributed by atoms with E-state index in [4.69, 9.17) is 0 Å². The van der Waals surface area contributed by atoms with Gasteiger partial charge in [-0.2, -0.15) is 4.52 Å². The van der Waals surface area contributed by atoms with E-state index in [1.807, 2.05) is 47.8 Å². The summed E-state index contributed by atoms with van der Waals surface area (Å²) >= 11 is 3.11. The van der Waals surface area contributed by atoms with Gasteiger partial charge in [-0.1, -0.05) is 35.6 Å². The van der Waals surface area contributed by atoms with Crippen molar-refractivity contribution in [3.63, 3.8) is 0 Å². The third-order valence-corrected chi connectivity index (χ3v) is 4.44. The average molecular weight is 299 g/mol. The number of fused-ring (bicyclic) bond motifs is 1. The Bertz CT molecular complexity index is 832. The Hall–Kier alpha value is -2.25. The number of hydrogen-bond donors (Lipinski definition) is 1. The molecule has 3 aromatic heterocycles. The van der Waals surface area contributed by atoms with E-state index in [-0.39, 0.29) is 0 Å². The molecule has 0 spiro atoms. The molecular formula is C13H9N5S2. The van der Waals surface area contributed by atoms with E-state index in [0.29, 0.717) is 0 Å². The van der Waals surface area contributed by atoms with Gasteiger partial charge in [0.05, 0.1) is 4.88 Å². The van der Waals surface area contributed by atoms with Crippen molar-refractivity contribution in [1.29, 1.82) is 0 Å². The minimum atomic E-state index is 0.784. The first-order valence-electron chi connectivity index (χ1n) is 5.98. The lowest BCUT2D eigenvalue weighted by atomic mass is 10.3. The SMILES string of the molecule is c1ccc(Nc2nn3c(-c4cccs4)nnc3s2)cc1. The van der Waals surface area contributed by atoms with Gasteiger partial charge in [-0.25, -0.2) is 0 Å². The maximum absolute atomic E-state index is 4.53. The van der Waals surface area contributed by atoms with Crippen LogP contribution < -0.4 is 5.32 Å². The van der Waals surface area contributed by atoms with Crippen molar-refractivity contribution in [3.8, 4) is 10.7 Å². The van der Waals surface area contributed by atoms with Crippen LogP contribution >= 0.6 is 22.7 Å². The molecule has 0 atom stereocenters. The second-order valence-corrected chi connectivity index (χ2v) is 6.00. The molecule has 0 saturated heterocycles. The Labute approximate surface area is 122 Å². The van der Waals surface area contributed by atoms with Gasteiger partial charge in [0.1, 0.15) is 0 Å². The Morgan fingerprint density at radius 2 is 1.90 bits per heavy atom. The van der Waals surface area contributed by atoms with Crippen LogP contribution in [0.15, 0.2) is 47.8 Å². The quantitative estimate of drug-likeness (QED) is 0.627. The van der Waals surface area contributed by atoms with Crippen molar-refractivity contribution in [2.45, 2.75) is 0 Å². The summed E-state index contributed by atoms with van der Waals surface area (Å²) in [6.07, 6.45) is 0. The molecule has 0 amide bonds. The molecule has 0 radical (unpaired) electrons. The van der Waals surface area contributed by atoms with Crippen LogP contribution in [0.2, 0.25) is 0 Å². The predicted octanol–water partition coefficient (Wildman–Crippen LogP) is 3.66. The molecule has 0 aliphatic heterocycles. The fourth-order valence-corrected chi connectivity index (χ4v) is 3.33. The lowest BCUT2D eigenvalue weighted by Gasteiger charge is -1.99. The van der Waals surface area contributed by atoms with Crippen molar-refractivity contribution in [1.82, 2.24) is 19.8 Å². The third kappa shape index (κ3) is 1.97. The maximum Gasteiger partial charge on any atom is 0.236 e. The zero-order valence-corrected chi connectivity index (χ0v) is 11.9. The van der Waals surface area contributed by atoms with Gasteiger partial charge < -0.3 is 5.32 Å². The van der Waals surface area contributed by atoms with Crippen molar-refractivity contribution >= 4 is 38.5 Å². The van der Waals surface area contributed by atoms with Crippen molar-refractivity contribution in [3.05, 3.63) is 47.8 Å². The van der Waals surface area contributed by atoms with Crippen LogP contribution in [0.5, 0.6) is 0 Å². The van der Waals surface area contributed by atoms with Gasteiger partial charge in [-0.05, 0) is 23.6 Å². The number of nitrogens with zero attached hydrogens (tertiary/aromatic N) is 4. The maximum atomic E-state index is 4.53. The molecule has 0 saturated carbocycles. The van der Waals surface area contributed by atoms with E-state index in [0.717, 1.165) is 26.5 Å². The van der Waals surface area contributed by atoms with E-state index in [2.05, 4.69) is 20.6 Å². The van der Waals surface area contributed by atoms with Crippen molar-refractivity contribution < 1.29 is 0 Å². The second kappa shape index (κ2) is 4.69. The molecule has 4 rings (SSSR count). The summed E-state index contributed by atoms with van der Waals surface area (Å²) in [6, 6.07) is 14.0. The van der Waals surface area contributed by atoms with Crippen LogP contribution in [0, 0.1) is 0 Å². The first-order valence-corrected chi connectivity index (χ1v) is 7.68. The van der Waals surface area contributed by atoms with Gasteiger partial charge in [-0.3, -0.25) is 0 Å². The van der Waals surface area contributed by atoms with Gasteiger partial charge in [0, 0.05) is 5.69 Å². The normalized spacial score (nSPS) is 11.0. The summed E-state index contributed by atoms with van der Waals surface area (Å²) in [7, 11) is 0. The predicted molar refractivity (Wildman–Crippen MR) is 81.7 cm³/mol. The molecule has 0 fully saturated rings. The molecule has 0 aliphatic carbocycles. The topological polar surface area (TPSA) is 55.1 Å².